The van der Waals surface area contributed by atoms with Gasteiger partial charge in [0.2, 0.25) is 0 Å². The van der Waals surface area contributed by atoms with Gasteiger partial charge in [-0.3, -0.25) is 0 Å². The van der Waals surface area contributed by atoms with E-state index >= 15 is 0 Å². The highest BCUT2D eigenvalue weighted by atomic mass is 16.5. The Balaban J connectivity index is 1.74. The highest BCUT2D eigenvalue weighted by Crippen LogP contribution is 2.18. The van der Waals surface area contributed by atoms with Gasteiger partial charge in [0, 0.05) is 12.4 Å². The molecule has 2 heterocycles. The summed E-state index contributed by atoms with van der Waals surface area (Å²) < 4.78 is 12.4. The predicted molar refractivity (Wildman–Crippen MR) is 79.5 cm³/mol. The third-order valence-corrected chi connectivity index (χ3v) is 3.19. The van der Waals surface area contributed by atoms with Gasteiger partial charge in [-0.25, -0.2) is 9.78 Å². The number of methoxy groups -OCH3 is 1. The monoisotopic (exact) mass is 298 g/mol. The number of ether oxygens (including phenoxy) is 2. The Bertz CT molecular complexity index is 809. The van der Waals surface area contributed by atoms with E-state index in [1.54, 1.807) is 23.8 Å². The topological polar surface area (TPSA) is 73.1 Å². The molecule has 0 unspecified atom stereocenters. The molecule has 0 saturated heterocycles. The number of carboxylic acids is 1. The molecule has 0 spiro atoms. The fourth-order valence-electron chi connectivity index (χ4n) is 2.07. The number of carboxylic acid groups (broad SMARTS) is 1. The Labute approximate surface area is 126 Å². The second-order valence-electron chi connectivity index (χ2n) is 4.68. The highest BCUT2D eigenvalue weighted by molar-refractivity contribution is 5.87. The lowest BCUT2D eigenvalue weighted by Crippen LogP contribution is -1.97. The number of pyridine rings is 1. The first-order chi connectivity index (χ1) is 10.7. The van der Waals surface area contributed by atoms with Crippen molar-refractivity contribution in [2.75, 3.05) is 7.11 Å². The molecule has 6 nitrogen and oxygen atoms in total. The molecule has 0 bridgehead atoms. The SMILES string of the molecule is COc1ccc(OCc2cn3cc(C(=O)O)ccc3n2)cc1. The maximum Gasteiger partial charge on any atom is 0.337 e. The van der Waals surface area contributed by atoms with E-state index < -0.39 is 5.97 Å². The summed E-state index contributed by atoms with van der Waals surface area (Å²) in [6.45, 7) is 0.302. The van der Waals surface area contributed by atoms with Crippen molar-refractivity contribution < 1.29 is 19.4 Å². The summed E-state index contributed by atoms with van der Waals surface area (Å²) in [5.41, 5.74) is 1.62. The number of imidazole rings is 1. The van der Waals surface area contributed by atoms with Crippen LogP contribution in [0.15, 0.2) is 48.8 Å². The molecule has 0 atom stereocenters. The van der Waals surface area contributed by atoms with Crippen molar-refractivity contribution in [1.82, 2.24) is 9.38 Å². The van der Waals surface area contributed by atoms with Crippen LogP contribution in [-0.2, 0) is 6.61 Å². The average Bonchev–Trinajstić information content (AvgIpc) is 2.95. The number of carbonyl (C=O) groups is 1. The minimum atomic E-state index is -0.966. The molecule has 0 radical (unpaired) electrons. The van der Waals surface area contributed by atoms with Crippen molar-refractivity contribution in [2.24, 2.45) is 0 Å². The molecular formula is C16H14N2O4. The van der Waals surface area contributed by atoms with Crippen LogP contribution in [0.5, 0.6) is 11.5 Å². The molecule has 0 aliphatic rings. The Morgan fingerprint density at radius 2 is 1.86 bits per heavy atom. The third-order valence-electron chi connectivity index (χ3n) is 3.19. The van der Waals surface area contributed by atoms with Crippen molar-refractivity contribution in [1.29, 1.82) is 0 Å². The maximum atomic E-state index is 10.9. The average molecular weight is 298 g/mol. The van der Waals surface area contributed by atoms with Gasteiger partial charge in [-0.05, 0) is 36.4 Å². The summed E-state index contributed by atoms with van der Waals surface area (Å²) in [5, 5.41) is 8.98. The molecule has 0 aliphatic carbocycles. The van der Waals surface area contributed by atoms with Crippen molar-refractivity contribution in [3.8, 4) is 11.5 Å². The van der Waals surface area contributed by atoms with E-state index in [-0.39, 0.29) is 5.56 Å². The molecule has 0 fully saturated rings. The largest absolute Gasteiger partial charge is 0.497 e. The zero-order chi connectivity index (χ0) is 15.5. The fraction of sp³-hybridized carbons (Fsp3) is 0.125. The number of aromatic nitrogens is 2. The molecular weight excluding hydrogens is 284 g/mol. The second kappa shape index (κ2) is 5.77. The fourth-order valence-corrected chi connectivity index (χ4v) is 2.07. The number of aromatic carboxylic acids is 1. The van der Waals surface area contributed by atoms with E-state index in [1.807, 2.05) is 24.3 Å². The van der Waals surface area contributed by atoms with E-state index in [4.69, 9.17) is 14.6 Å². The molecule has 6 heteroatoms. The van der Waals surface area contributed by atoms with Gasteiger partial charge < -0.3 is 19.0 Å². The number of rotatable bonds is 5. The van der Waals surface area contributed by atoms with Crippen LogP contribution in [-0.4, -0.2) is 27.6 Å². The molecule has 2 aromatic heterocycles. The summed E-state index contributed by atoms with van der Waals surface area (Å²) in [6, 6.07) is 10.5. The van der Waals surface area contributed by atoms with E-state index in [9.17, 15) is 4.79 Å². The molecule has 1 N–H and O–H groups in total. The summed E-state index contributed by atoms with van der Waals surface area (Å²) in [4.78, 5) is 15.3. The van der Waals surface area contributed by atoms with E-state index in [0.29, 0.717) is 18.0 Å². The number of fused-ring (bicyclic) bond motifs is 1. The van der Waals surface area contributed by atoms with Gasteiger partial charge in [0.15, 0.2) is 0 Å². The van der Waals surface area contributed by atoms with Gasteiger partial charge in [0.1, 0.15) is 23.8 Å². The van der Waals surface area contributed by atoms with Gasteiger partial charge in [-0.1, -0.05) is 0 Å². The van der Waals surface area contributed by atoms with Crippen molar-refractivity contribution >= 4 is 11.6 Å². The molecule has 1 aromatic carbocycles. The van der Waals surface area contributed by atoms with Crippen molar-refractivity contribution in [2.45, 2.75) is 6.61 Å². The summed E-state index contributed by atoms with van der Waals surface area (Å²) in [5.74, 6) is 0.511. The minimum Gasteiger partial charge on any atom is -0.497 e. The number of nitrogens with zero attached hydrogens (tertiary/aromatic N) is 2. The van der Waals surface area contributed by atoms with Crippen LogP contribution in [0.2, 0.25) is 0 Å². The minimum absolute atomic E-state index is 0.215. The van der Waals surface area contributed by atoms with Crippen LogP contribution in [0, 0.1) is 0 Å². The van der Waals surface area contributed by atoms with E-state index in [2.05, 4.69) is 4.98 Å². The lowest BCUT2D eigenvalue weighted by Gasteiger charge is -2.04. The number of hydrogen-bond donors (Lipinski definition) is 1. The first kappa shape index (κ1) is 13.9. The van der Waals surface area contributed by atoms with Crippen LogP contribution in [0.25, 0.3) is 5.65 Å². The van der Waals surface area contributed by atoms with Gasteiger partial charge in [-0.2, -0.15) is 0 Å². The molecule has 3 rings (SSSR count). The standard InChI is InChI=1S/C16H14N2O4/c1-21-13-3-5-14(6-4-13)22-10-12-9-18-8-11(16(19)20)2-7-15(18)17-12/h2-9H,10H2,1H3,(H,19,20). The lowest BCUT2D eigenvalue weighted by molar-refractivity contribution is 0.0696. The smallest absolute Gasteiger partial charge is 0.337 e. The van der Waals surface area contributed by atoms with Gasteiger partial charge in [0.05, 0.1) is 18.4 Å². The maximum absolute atomic E-state index is 10.9. The number of hydrogen-bond acceptors (Lipinski definition) is 4. The second-order valence-corrected chi connectivity index (χ2v) is 4.68. The van der Waals surface area contributed by atoms with Crippen LogP contribution >= 0.6 is 0 Å². The first-order valence-electron chi connectivity index (χ1n) is 6.63. The summed E-state index contributed by atoms with van der Waals surface area (Å²) >= 11 is 0. The van der Waals surface area contributed by atoms with Crippen LogP contribution < -0.4 is 9.47 Å². The molecule has 22 heavy (non-hydrogen) atoms. The summed E-state index contributed by atoms with van der Waals surface area (Å²) in [7, 11) is 1.61. The van der Waals surface area contributed by atoms with E-state index in [1.165, 1.54) is 12.3 Å². The molecule has 0 saturated carbocycles. The number of benzene rings is 1. The lowest BCUT2D eigenvalue weighted by atomic mass is 10.3. The van der Waals surface area contributed by atoms with Crippen molar-refractivity contribution in [3.63, 3.8) is 0 Å². The summed E-state index contributed by atoms with van der Waals surface area (Å²) in [6.07, 6.45) is 3.28. The van der Waals surface area contributed by atoms with Gasteiger partial charge >= 0.3 is 5.97 Å². The highest BCUT2D eigenvalue weighted by Gasteiger charge is 2.07. The zero-order valence-corrected chi connectivity index (χ0v) is 11.9. The third kappa shape index (κ3) is 2.85. The predicted octanol–water partition coefficient (Wildman–Crippen LogP) is 2.62. The Hall–Kier alpha value is -3.02. The Morgan fingerprint density at radius 3 is 2.55 bits per heavy atom. The van der Waals surface area contributed by atoms with Gasteiger partial charge in [0.25, 0.3) is 0 Å². The molecule has 112 valence electrons. The Kier molecular flexibility index (Phi) is 3.65. The van der Waals surface area contributed by atoms with Crippen LogP contribution in [0.1, 0.15) is 16.1 Å². The first-order valence-corrected chi connectivity index (χ1v) is 6.63. The van der Waals surface area contributed by atoms with Crippen molar-refractivity contribution in [3.05, 3.63) is 60.0 Å². The van der Waals surface area contributed by atoms with E-state index in [0.717, 1.165) is 11.4 Å². The molecule has 0 amide bonds. The van der Waals surface area contributed by atoms with Crippen LogP contribution in [0.3, 0.4) is 0 Å². The zero-order valence-electron chi connectivity index (χ0n) is 11.9. The molecule has 0 aliphatic heterocycles. The van der Waals surface area contributed by atoms with Crippen LogP contribution in [0.4, 0.5) is 0 Å². The normalized spacial score (nSPS) is 10.6. The molecule has 3 aromatic rings. The quantitative estimate of drug-likeness (QED) is 0.784. The Morgan fingerprint density at radius 1 is 1.14 bits per heavy atom. The van der Waals surface area contributed by atoms with Gasteiger partial charge in [-0.15, -0.1) is 0 Å².